The molecule has 0 bridgehead atoms. The molecule has 0 fully saturated rings. The van der Waals surface area contributed by atoms with Gasteiger partial charge >= 0.3 is 0 Å². The Hall–Kier alpha value is -1.13. The van der Waals surface area contributed by atoms with Gasteiger partial charge in [-0.1, -0.05) is 0 Å². The molecule has 0 saturated heterocycles. The first-order chi connectivity index (χ1) is 8.98. The summed E-state index contributed by atoms with van der Waals surface area (Å²) < 4.78 is 7.82. The molecule has 0 unspecified atom stereocenters. The molecule has 104 valence electrons. The molecule has 0 aromatic carbocycles. The Morgan fingerprint density at radius 3 is 2.79 bits per heavy atom. The Labute approximate surface area is 118 Å². The lowest BCUT2D eigenvalue weighted by atomic mass is 10.1. The van der Waals surface area contributed by atoms with Gasteiger partial charge in [0.15, 0.2) is 5.65 Å². The van der Waals surface area contributed by atoms with Crippen molar-refractivity contribution in [3.05, 3.63) is 23.7 Å². The number of alkyl halides is 1. The van der Waals surface area contributed by atoms with Gasteiger partial charge in [0.2, 0.25) is 0 Å². The first-order valence-corrected chi connectivity index (χ1v) is 7.02. The number of aromatic nitrogens is 3. The van der Waals surface area contributed by atoms with E-state index in [4.69, 9.17) is 16.3 Å². The van der Waals surface area contributed by atoms with E-state index in [0.717, 1.165) is 22.6 Å². The number of hydrogen-bond donors (Lipinski definition) is 0. The van der Waals surface area contributed by atoms with E-state index in [1.165, 1.54) is 0 Å². The molecule has 0 saturated carbocycles. The van der Waals surface area contributed by atoms with Gasteiger partial charge in [-0.3, -0.25) is 0 Å². The van der Waals surface area contributed by atoms with Crippen molar-refractivity contribution in [2.75, 3.05) is 6.61 Å². The standard InChI is InChI=1S/C14H20ClN3O/c1-5-19-14(3,4)9-18-11(8-15)17-12-10(2)6-7-16-13(12)18/h6-7H,5,8-9H2,1-4H3. The minimum atomic E-state index is -0.269. The lowest BCUT2D eigenvalue weighted by molar-refractivity contribution is -0.0221. The van der Waals surface area contributed by atoms with Crippen LogP contribution in [0.2, 0.25) is 0 Å². The molecule has 4 nitrogen and oxygen atoms in total. The highest BCUT2D eigenvalue weighted by atomic mass is 35.5. The van der Waals surface area contributed by atoms with Crippen molar-refractivity contribution < 1.29 is 4.74 Å². The van der Waals surface area contributed by atoms with Gasteiger partial charge in [-0.25, -0.2) is 9.97 Å². The van der Waals surface area contributed by atoms with E-state index in [0.29, 0.717) is 19.0 Å². The molecule has 0 atom stereocenters. The molecule has 2 heterocycles. The number of aryl methyl sites for hydroxylation is 1. The molecule has 0 radical (unpaired) electrons. The fourth-order valence-electron chi connectivity index (χ4n) is 2.27. The third-order valence-electron chi connectivity index (χ3n) is 3.11. The van der Waals surface area contributed by atoms with E-state index in [1.54, 1.807) is 0 Å². The zero-order valence-electron chi connectivity index (χ0n) is 11.9. The van der Waals surface area contributed by atoms with Crippen molar-refractivity contribution in [2.45, 2.75) is 45.7 Å². The zero-order valence-corrected chi connectivity index (χ0v) is 12.7. The summed E-state index contributed by atoms with van der Waals surface area (Å²) in [7, 11) is 0. The molecule has 2 rings (SSSR count). The highest BCUT2D eigenvalue weighted by molar-refractivity contribution is 6.16. The summed E-state index contributed by atoms with van der Waals surface area (Å²) in [5.41, 5.74) is 2.65. The van der Waals surface area contributed by atoms with Crippen molar-refractivity contribution in [2.24, 2.45) is 0 Å². The van der Waals surface area contributed by atoms with Gasteiger partial charge in [-0.15, -0.1) is 11.6 Å². The van der Waals surface area contributed by atoms with E-state index in [2.05, 4.69) is 28.4 Å². The van der Waals surface area contributed by atoms with E-state index in [1.807, 2.05) is 26.1 Å². The Morgan fingerprint density at radius 1 is 1.42 bits per heavy atom. The van der Waals surface area contributed by atoms with Crippen LogP contribution in [0, 0.1) is 6.92 Å². The van der Waals surface area contributed by atoms with E-state index in [9.17, 15) is 0 Å². The van der Waals surface area contributed by atoms with Crippen LogP contribution in [0.25, 0.3) is 11.2 Å². The molecule has 2 aromatic heterocycles. The Morgan fingerprint density at radius 2 is 2.16 bits per heavy atom. The number of fused-ring (bicyclic) bond motifs is 1. The Balaban J connectivity index is 2.49. The summed E-state index contributed by atoms with van der Waals surface area (Å²) in [4.78, 5) is 9.03. The molecule has 0 spiro atoms. The second-order valence-corrected chi connectivity index (χ2v) is 5.51. The van der Waals surface area contributed by atoms with Gasteiger partial charge < -0.3 is 9.30 Å². The normalized spacial score (nSPS) is 12.3. The summed E-state index contributed by atoms with van der Waals surface area (Å²) in [6, 6.07) is 1.96. The third-order valence-corrected chi connectivity index (χ3v) is 3.35. The fourth-order valence-corrected chi connectivity index (χ4v) is 2.47. The first kappa shape index (κ1) is 14.3. The van der Waals surface area contributed by atoms with Crippen LogP contribution in [0.3, 0.4) is 0 Å². The molecule has 0 aliphatic rings. The van der Waals surface area contributed by atoms with Gasteiger partial charge in [0, 0.05) is 12.8 Å². The summed E-state index contributed by atoms with van der Waals surface area (Å²) in [6.45, 7) is 9.54. The smallest absolute Gasteiger partial charge is 0.160 e. The average Bonchev–Trinajstić information content (AvgIpc) is 2.68. The van der Waals surface area contributed by atoms with Crippen LogP contribution < -0.4 is 0 Å². The molecule has 0 N–H and O–H groups in total. The molecule has 0 aliphatic carbocycles. The number of rotatable bonds is 5. The van der Waals surface area contributed by atoms with Gasteiger partial charge in [-0.2, -0.15) is 0 Å². The topological polar surface area (TPSA) is 39.9 Å². The van der Waals surface area contributed by atoms with Crippen LogP contribution in [-0.4, -0.2) is 26.7 Å². The summed E-state index contributed by atoms with van der Waals surface area (Å²) in [6.07, 6.45) is 1.81. The SMILES string of the molecule is CCOC(C)(C)Cn1c(CCl)nc2c(C)ccnc21. The second-order valence-electron chi connectivity index (χ2n) is 5.24. The number of hydrogen-bond acceptors (Lipinski definition) is 3. The van der Waals surface area contributed by atoms with Gasteiger partial charge in [0.1, 0.15) is 11.3 Å². The van der Waals surface area contributed by atoms with Crippen LogP contribution in [-0.2, 0) is 17.2 Å². The maximum absolute atomic E-state index is 6.01. The monoisotopic (exact) mass is 281 g/mol. The van der Waals surface area contributed by atoms with Gasteiger partial charge in [0.05, 0.1) is 18.0 Å². The van der Waals surface area contributed by atoms with Crippen molar-refractivity contribution in [3.8, 4) is 0 Å². The predicted molar refractivity (Wildman–Crippen MR) is 77.5 cm³/mol. The first-order valence-electron chi connectivity index (χ1n) is 6.49. The van der Waals surface area contributed by atoms with Crippen molar-refractivity contribution >= 4 is 22.8 Å². The highest BCUT2D eigenvalue weighted by Crippen LogP contribution is 2.22. The number of ether oxygens (including phenoxy) is 1. The van der Waals surface area contributed by atoms with Crippen LogP contribution in [0.1, 0.15) is 32.2 Å². The average molecular weight is 282 g/mol. The third kappa shape index (κ3) is 2.90. The van der Waals surface area contributed by atoms with E-state index in [-0.39, 0.29) is 5.60 Å². The quantitative estimate of drug-likeness (QED) is 0.790. The maximum Gasteiger partial charge on any atom is 0.160 e. The number of pyridine rings is 1. The van der Waals surface area contributed by atoms with Gasteiger partial charge in [-0.05, 0) is 39.3 Å². The largest absolute Gasteiger partial charge is 0.374 e. The molecular weight excluding hydrogens is 262 g/mol. The minimum absolute atomic E-state index is 0.269. The van der Waals surface area contributed by atoms with Crippen LogP contribution in [0.4, 0.5) is 0 Å². The van der Waals surface area contributed by atoms with Crippen LogP contribution >= 0.6 is 11.6 Å². The lowest BCUT2D eigenvalue weighted by Crippen LogP contribution is -2.31. The molecule has 5 heteroatoms. The van der Waals surface area contributed by atoms with E-state index >= 15 is 0 Å². The molecule has 19 heavy (non-hydrogen) atoms. The lowest BCUT2D eigenvalue weighted by Gasteiger charge is -2.26. The van der Waals surface area contributed by atoms with Crippen LogP contribution in [0.5, 0.6) is 0 Å². The van der Waals surface area contributed by atoms with E-state index < -0.39 is 0 Å². The van der Waals surface area contributed by atoms with Gasteiger partial charge in [0.25, 0.3) is 0 Å². The maximum atomic E-state index is 6.01. The fraction of sp³-hybridized carbons (Fsp3) is 0.571. The van der Waals surface area contributed by atoms with Crippen LogP contribution in [0.15, 0.2) is 12.3 Å². The molecule has 0 amide bonds. The molecule has 2 aromatic rings. The summed E-state index contributed by atoms with van der Waals surface area (Å²) in [5.74, 6) is 1.21. The zero-order chi connectivity index (χ0) is 14.0. The second kappa shape index (κ2) is 5.47. The van der Waals surface area contributed by atoms with Crippen molar-refractivity contribution in [1.29, 1.82) is 0 Å². The number of halogens is 1. The molecular formula is C14H20ClN3O. The summed E-state index contributed by atoms with van der Waals surface area (Å²) in [5, 5.41) is 0. The van der Waals surface area contributed by atoms with Crippen molar-refractivity contribution in [1.82, 2.24) is 14.5 Å². The van der Waals surface area contributed by atoms with Crippen molar-refractivity contribution in [3.63, 3.8) is 0 Å². The summed E-state index contributed by atoms with van der Waals surface area (Å²) >= 11 is 6.01. The number of nitrogens with zero attached hydrogens (tertiary/aromatic N) is 3. The molecule has 0 aliphatic heterocycles. The number of imidazole rings is 1. The highest BCUT2D eigenvalue weighted by Gasteiger charge is 2.22. The predicted octanol–water partition coefficient (Wildman–Crippen LogP) is 3.29. The minimum Gasteiger partial charge on any atom is -0.374 e. The Bertz CT molecular complexity index is 577. The Kier molecular flexibility index (Phi) is 4.11.